The van der Waals surface area contributed by atoms with Crippen molar-refractivity contribution >= 4 is 5.97 Å². The molecule has 17 heavy (non-hydrogen) atoms. The predicted molar refractivity (Wildman–Crippen MR) is 67.5 cm³/mol. The topological polar surface area (TPSA) is 41.6 Å². The molecule has 1 atom stereocenters. The Balaban J connectivity index is 2.75. The first-order chi connectivity index (χ1) is 8.05. The van der Waals surface area contributed by atoms with Gasteiger partial charge in [0.05, 0.1) is 13.2 Å². The second kappa shape index (κ2) is 6.04. The van der Waals surface area contributed by atoms with Crippen LogP contribution in [0.25, 0.3) is 0 Å². The molecule has 1 N–H and O–H groups in total. The molecule has 96 valence electrons. The van der Waals surface area contributed by atoms with E-state index in [1.807, 2.05) is 6.92 Å². The molecule has 1 aliphatic heterocycles. The minimum atomic E-state index is -0.618. The number of hydrogen-bond donors (Lipinski definition) is 1. The Morgan fingerprint density at radius 1 is 1.65 bits per heavy atom. The number of esters is 1. The number of nitrogens with zero attached hydrogens (tertiary/aromatic N) is 1. The second-order valence-electron chi connectivity index (χ2n) is 4.67. The average Bonchev–Trinajstić information content (AvgIpc) is 2.72. The van der Waals surface area contributed by atoms with E-state index >= 15 is 0 Å². The molecule has 1 rings (SSSR count). The van der Waals surface area contributed by atoms with Gasteiger partial charge < -0.3 is 4.74 Å². The summed E-state index contributed by atoms with van der Waals surface area (Å²) in [6.07, 6.45) is 6.01. The molecule has 0 bridgehead atoms. The van der Waals surface area contributed by atoms with Crippen LogP contribution >= 0.6 is 0 Å². The maximum atomic E-state index is 12.1. The van der Waals surface area contributed by atoms with E-state index in [1.165, 1.54) is 0 Å². The highest BCUT2D eigenvalue weighted by molar-refractivity contribution is 5.81. The standard InChI is InChI=1S/C13H22N2O2/c1-5-8-14-13(12(16)17-6-2)7-9-15(10-13)11(3)4/h1,11,14H,6-10H2,2-4H3. The fourth-order valence-corrected chi connectivity index (χ4v) is 2.15. The van der Waals surface area contributed by atoms with E-state index in [0.717, 1.165) is 13.0 Å². The molecule has 0 aromatic carbocycles. The number of hydrogen-bond acceptors (Lipinski definition) is 4. The predicted octanol–water partition coefficient (Wildman–Crippen LogP) is 0.625. The van der Waals surface area contributed by atoms with Gasteiger partial charge in [0.25, 0.3) is 0 Å². The van der Waals surface area contributed by atoms with Gasteiger partial charge in [-0.15, -0.1) is 6.42 Å². The van der Waals surface area contributed by atoms with Crippen LogP contribution < -0.4 is 5.32 Å². The Morgan fingerprint density at radius 2 is 2.35 bits per heavy atom. The van der Waals surface area contributed by atoms with Crippen LogP contribution in [0.2, 0.25) is 0 Å². The van der Waals surface area contributed by atoms with Crippen LogP contribution in [0.1, 0.15) is 27.2 Å². The minimum Gasteiger partial charge on any atom is -0.465 e. The first-order valence-corrected chi connectivity index (χ1v) is 6.15. The monoisotopic (exact) mass is 238 g/mol. The van der Waals surface area contributed by atoms with Gasteiger partial charge in [0.2, 0.25) is 0 Å². The number of ether oxygens (including phenoxy) is 1. The molecule has 0 radical (unpaired) electrons. The van der Waals surface area contributed by atoms with Crippen molar-refractivity contribution in [3.63, 3.8) is 0 Å². The van der Waals surface area contributed by atoms with Gasteiger partial charge in [0, 0.05) is 19.1 Å². The largest absolute Gasteiger partial charge is 0.465 e. The number of nitrogens with one attached hydrogen (secondary N) is 1. The second-order valence-corrected chi connectivity index (χ2v) is 4.67. The van der Waals surface area contributed by atoms with Gasteiger partial charge in [-0.25, -0.2) is 4.79 Å². The smallest absolute Gasteiger partial charge is 0.327 e. The zero-order valence-electron chi connectivity index (χ0n) is 11.0. The summed E-state index contributed by atoms with van der Waals surface area (Å²) in [6, 6.07) is 0.430. The van der Waals surface area contributed by atoms with E-state index in [9.17, 15) is 4.79 Å². The summed E-state index contributed by atoms with van der Waals surface area (Å²) in [5.41, 5.74) is -0.618. The lowest BCUT2D eigenvalue weighted by molar-refractivity contribution is -0.150. The molecule has 0 spiro atoms. The fourth-order valence-electron chi connectivity index (χ4n) is 2.15. The summed E-state index contributed by atoms with van der Waals surface area (Å²) < 4.78 is 5.16. The van der Waals surface area contributed by atoms with Crippen molar-refractivity contribution in [3.05, 3.63) is 0 Å². The molecule has 0 aliphatic carbocycles. The summed E-state index contributed by atoms with van der Waals surface area (Å²) in [5, 5.41) is 3.16. The van der Waals surface area contributed by atoms with E-state index < -0.39 is 5.54 Å². The van der Waals surface area contributed by atoms with E-state index in [-0.39, 0.29) is 5.97 Å². The Hall–Kier alpha value is -1.05. The van der Waals surface area contributed by atoms with Crippen molar-refractivity contribution in [2.24, 2.45) is 0 Å². The van der Waals surface area contributed by atoms with Crippen molar-refractivity contribution in [2.45, 2.75) is 38.8 Å². The van der Waals surface area contributed by atoms with E-state index in [1.54, 1.807) is 0 Å². The number of terminal acetylenes is 1. The number of carbonyl (C=O) groups excluding carboxylic acids is 1. The van der Waals surface area contributed by atoms with Gasteiger partial charge in [-0.1, -0.05) is 5.92 Å². The molecule has 1 saturated heterocycles. The number of carbonyl (C=O) groups is 1. The zero-order valence-corrected chi connectivity index (χ0v) is 11.0. The lowest BCUT2D eigenvalue weighted by Crippen LogP contribution is -2.55. The number of likely N-dealkylation sites (tertiary alicyclic amines) is 1. The van der Waals surface area contributed by atoms with Gasteiger partial charge >= 0.3 is 5.97 Å². The Morgan fingerprint density at radius 3 is 2.82 bits per heavy atom. The van der Waals surface area contributed by atoms with Crippen molar-refractivity contribution in [1.29, 1.82) is 0 Å². The summed E-state index contributed by atoms with van der Waals surface area (Å²) >= 11 is 0. The third-order valence-corrected chi connectivity index (χ3v) is 3.22. The zero-order chi connectivity index (χ0) is 12.9. The summed E-state index contributed by atoms with van der Waals surface area (Å²) in [5.74, 6) is 2.34. The normalized spacial score (nSPS) is 24.9. The number of rotatable bonds is 5. The van der Waals surface area contributed by atoms with Crippen LogP contribution in [0.4, 0.5) is 0 Å². The Bertz CT molecular complexity index is 309. The van der Waals surface area contributed by atoms with Gasteiger partial charge in [-0.3, -0.25) is 10.2 Å². The fraction of sp³-hybridized carbons (Fsp3) is 0.769. The highest BCUT2D eigenvalue weighted by Gasteiger charge is 2.45. The molecule has 4 nitrogen and oxygen atoms in total. The van der Waals surface area contributed by atoms with Crippen molar-refractivity contribution in [2.75, 3.05) is 26.2 Å². The van der Waals surface area contributed by atoms with Crippen molar-refractivity contribution in [3.8, 4) is 12.3 Å². The van der Waals surface area contributed by atoms with Gasteiger partial charge in [0.15, 0.2) is 0 Å². The maximum absolute atomic E-state index is 12.1. The molecule has 0 amide bonds. The van der Waals surface area contributed by atoms with Crippen LogP contribution in [-0.2, 0) is 9.53 Å². The first kappa shape index (κ1) is 14.0. The van der Waals surface area contributed by atoms with Crippen molar-refractivity contribution < 1.29 is 9.53 Å². The highest BCUT2D eigenvalue weighted by atomic mass is 16.5. The molecule has 1 heterocycles. The highest BCUT2D eigenvalue weighted by Crippen LogP contribution is 2.24. The molecular weight excluding hydrogens is 216 g/mol. The van der Waals surface area contributed by atoms with Gasteiger partial charge in [0.1, 0.15) is 5.54 Å². The summed E-state index contributed by atoms with van der Waals surface area (Å²) in [4.78, 5) is 14.3. The van der Waals surface area contributed by atoms with E-state index in [2.05, 4.69) is 30.0 Å². The maximum Gasteiger partial charge on any atom is 0.327 e. The van der Waals surface area contributed by atoms with E-state index in [4.69, 9.17) is 11.2 Å². The average molecular weight is 238 g/mol. The first-order valence-electron chi connectivity index (χ1n) is 6.15. The van der Waals surface area contributed by atoms with Crippen LogP contribution in [0.5, 0.6) is 0 Å². The van der Waals surface area contributed by atoms with Gasteiger partial charge in [-0.05, 0) is 27.2 Å². The molecule has 1 fully saturated rings. The summed E-state index contributed by atoms with van der Waals surface area (Å²) in [7, 11) is 0. The lowest BCUT2D eigenvalue weighted by atomic mass is 9.98. The molecule has 0 aromatic rings. The van der Waals surface area contributed by atoms with Crippen molar-refractivity contribution in [1.82, 2.24) is 10.2 Å². The quantitative estimate of drug-likeness (QED) is 0.563. The molecular formula is C13H22N2O2. The SMILES string of the molecule is C#CCNC1(C(=O)OCC)CCN(C(C)C)C1. The molecule has 1 aliphatic rings. The molecule has 1 unspecified atom stereocenters. The van der Waals surface area contributed by atoms with Crippen LogP contribution in [0.3, 0.4) is 0 Å². The molecule has 4 heteroatoms. The Kier molecular flexibility index (Phi) is 4.98. The third kappa shape index (κ3) is 3.21. The molecule has 0 aromatic heterocycles. The minimum absolute atomic E-state index is 0.182. The van der Waals surface area contributed by atoms with Crippen LogP contribution in [0, 0.1) is 12.3 Å². The van der Waals surface area contributed by atoms with Crippen LogP contribution in [-0.4, -0.2) is 48.7 Å². The summed E-state index contributed by atoms with van der Waals surface area (Å²) in [6.45, 7) is 8.44. The lowest BCUT2D eigenvalue weighted by Gasteiger charge is -2.28. The third-order valence-electron chi connectivity index (χ3n) is 3.22. The van der Waals surface area contributed by atoms with Crippen LogP contribution in [0.15, 0.2) is 0 Å². The molecule has 0 saturated carbocycles. The van der Waals surface area contributed by atoms with Gasteiger partial charge in [-0.2, -0.15) is 0 Å². The van der Waals surface area contributed by atoms with E-state index in [0.29, 0.717) is 25.7 Å². The Labute approximate surface area is 104 Å².